The van der Waals surface area contributed by atoms with Crippen molar-refractivity contribution in [2.75, 3.05) is 13.1 Å². The molecule has 2 aromatic carbocycles. The molecule has 0 unspecified atom stereocenters. The van der Waals surface area contributed by atoms with Crippen LogP contribution in [-0.2, 0) is 32.7 Å². The van der Waals surface area contributed by atoms with Crippen LogP contribution in [0.25, 0.3) is 22.1 Å². The maximum Gasteiger partial charge on any atom is 0.303 e. The summed E-state index contributed by atoms with van der Waals surface area (Å²) in [4.78, 5) is 23.6. The van der Waals surface area contributed by atoms with Gasteiger partial charge in [-0.1, -0.05) is 48.5 Å². The molecule has 0 aliphatic carbocycles. The summed E-state index contributed by atoms with van der Waals surface area (Å²) >= 11 is 0. The largest absolute Gasteiger partial charge is 0.458 e. The zero-order valence-electron chi connectivity index (χ0n) is 21.6. The molecule has 3 aromatic heterocycles. The van der Waals surface area contributed by atoms with Crippen LogP contribution < -0.4 is 0 Å². The molecule has 1 fully saturated rings. The molecule has 0 saturated carbocycles. The Bertz CT molecular complexity index is 1740. The number of nitrogens with zero attached hydrogens (tertiary/aromatic N) is 5. The van der Waals surface area contributed by atoms with Gasteiger partial charge >= 0.3 is 5.97 Å². The molecular weight excluding hydrogens is 514 g/mol. The van der Waals surface area contributed by atoms with E-state index in [-0.39, 0.29) is 23.5 Å². The first-order chi connectivity index (χ1) is 18.9. The van der Waals surface area contributed by atoms with E-state index in [4.69, 9.17) is 9.72 Å². The fraction of sp³-hybridized carbons (Fsp3) is 0.276. The lowest BCUT2D eigenvalue weighted by Crippen LogP contribution is -2.34. The highest BCUT2D eigenvalue weighted by Gasteiger charge is 2.28. The van der Waals surface area contributed by atoms with Crippen molar-refractivity contribution in [2.24, 2.45) is 0 Å². The van der Waals surface area contributed by atoms with Gasteiger partial charge in [0.05, 0.1) is 16.6 Å². The first kappa shape index (κ1) is 25.3. The normalized spacial score (nSPS) is 15.2. The second-order valence-electron chi connectivity index (χ2n) is 9.83. The minimum atomic E-state index is -3.83. The number of imidazole rings is 1. The van der Waals surface area contributed by atoms with Gasteiger partial charge in [0.1, 0.15) is 17.9 Å². The summed E-state index contributed by atoms with van der Waals surface area (Å²) in [7, 11) is -3.83. The zero-order valence-corrected chi connectivity index (χ0v) is 22.4. The predicted octanol–water partition coefficient (Wildman–Crippen LogP) is 4.52. The smallest absolute Gasteiger partial charge is 0.303 e. The lowest BCUT2D eigenvalue weighted by molar-refractivity contribution is -0.142. The van der Waals surface area contributed by atoms with Crippen LogP contribution >= 0.6 is 0 Å². The van der Waals surface area contributed by atoms with Gasteiger partial charge in [0, 0.05) is 44.2 Å². The summed E-state index contributed by atoms with van der Waals surface area (Å²) in [5.41, 5.74) is 3.08. The van der Waals surface area contributed by atoms with Crippen molar-refractivity contribution in [3.63, 3.8) is 0 Å². The molecule has 200 valence electrons. The van der Waals surface area contributed by atoms with Crippen LogP contribution in [0.5, 0.6) is 0 Å². The van der Waals surface area contributed by atoms with E-state index in [0.29, 0.717) is 22.4 Å². The Labute approximate surface area is 226 Å². The molecule has 1 aliphatic heterocycles. The Kier molecular flexibility index (Phi) is 6.66. The van der Waals surface area contributed by atoms with Crippen LogP contribution in [0, 0.1) is 0 Å². The van der Waals surface area contributed by atoms with Gasteiger partial charge in [0.15, 0.2) is 5.65 Å². The molecule has 0 radical (unpaired) electrons. The van der Waals surface area contributed by atoms with Gasteiger partial charge in [-0.25, -0.2) is 22.4 Å². The molecule has 0 N–H and O–H groups in total. The standard InChI is InChI=1S/C29H29N5O4S/c1-21(35)38-20-27-31-26-18-30-29-25(14-17-33(29)39(36,37)24-10-6-3-7-11-24)28(26)34(27)23-12-15-32(16-13-23)19-22-8-4-2-5-9-22/h2-11,14,17-18,23H,12-13,15-16,19-20H2,1H3. The molecule has 39 heavy (non-hydrogen) atoms. The molecule has 1 saturated heterocycles. The molecule has 6 rings (SSSR count). The van der Waals surface area contributed by atoms with Crippen LogP contribution in [0.4, 0.5) is 0 Å². The third kappa shape index (κ3) is 4.81. The Morgan fingerprint density at radius 2 is 1.69 bits per heavy atom. The van der Waals surface area contributed by atoms with Crippen LogP contribution in [0.3, 0.4) is 0 Å². The van der Waals surface area contributed by atoms with Gasteiger partial charge < -0.3 is 9.30 Å². The Balaban J connectivity index is 1.39. The molecule has 10 heteroatoms. The average molecular weight is 544 g/mol. The third-order valence-corrected chi connectivity index (χ3v) is 8.96. The number of benzene rings is 2. The molecular formula is C29H29N5O4S. The SMILES string of the molecule is CC(=O)OCc1nc2cnc3c(ccn3S(=O)(=O)c3ccccc3)c2n1C1CCN(Cc2ccccc2)CC1. The number of carbonyl (C=O) groups is 1. The fourth-order valence-corrected chi connectivity index (χ4v) is 6.76. The monoisotopic (exact) mass is 543 g/mol. The highest BCUT2D eigenvalue weighted by Crippen LogP contribution is 2.34. The van der Waals surface area contributed by atoms with Gasteiger partial charge in [0.2, 0.25) is 0 Å². The van der Waals surface area contributed by atoms with E-state index in [2.05, 4.69) is 38.7 Å². The highest BCUT2D eigenvalue weighted by atomic mass is 32.2. The summed E-state index contributed by atoms with van der Waals surface area (Å²) in [6.45, 7) is 4.13. The quantitative estimate of drug-likeness (QED) is 0.278. The fourth-order valence-electron chi connectivity index (χ4n) is 5.43. The maximum absolute atomic E-state index is 13.4. The van der Waals surface area contributed by atoms with Gasteiger partial charge in [-0.2, -0.15) is 0 Å². The summed E-state index contributed by atoms with van der Waals surface area (Å²) in [5, 5.41) is 0.695. The molecule has 0 spiro atoms. The van der Waals surface area contributed by atoms with E-state index >= 15 is 0 Å². The van der Waals surface area contributed by atoms with Crippen molar-refractivity contribution in [1.29, 1.82) is 0 Å². The number of pyridine rings is 1. The van der Waals surface area contributed by atoms with Crippen LogP contribution in [0.1, 0.15) is 37.2 Å². The van der Waals surface area contributed by atoms with Crippen LogP contribution in [0.15, 0.2) is 84.0 Å². The van der Waals surface area contributed by atoms with Gasteiger partial charge in [-0.15, -0.1) is 0 Å². The van der Waals surface area contributed by atoms with E-state index in [9.17, 15) is 13.2 Å². The highest BCUT2D eigenvalue weighted by molar-refractivity contribution is 7.90. The van der Waals surface area contributed by atoms with Crippen molar-refractivity contribution < 1.29 is 17.9 Å². The minimum Gasteiger partial charge on any atom is -0.458 e. The number of aromatic nitrogens is 4. The number of hydrogen-bond donors (Lipinski definition) is 0. The number of likely N-dealkylation sites (tertiary alicyclic amines) is 1. The first-order valence-electron chi connectivity index (χ1n) is 13.0. The number of carbonyl (C=O) groups excluding carboxylic acids is 1. The van der Waals surface area contributed by atoms with E-state index in [1.54, 1.807) is 48.8 Å². The Morgan fingerprint density at radius 3 is 2.38 bits per heavy atom. The summed E-state index contributed by atoms with van der Waals surface area (Å²) < 4.78 is 35.6. The van der Waals surface area contributed by atoms with Crippen molar-refractivity contribution in [2.45, 2.75) is 43.9 Å². The molecule has 4 heterocycles. The van der Waals surface area contributed by atoms with E-state index in [0.717, 1.165) is 38.0 Å². The lowest BCUT2D eigenvalue weighted by atomic mass is 10.0. The molecule has 1 aliphatic rings. The van der Waals surface area contributed by atoms with Crippen molar-refractivity contribution in [3.05, 3.63) is 90.5 Å². The predicted molar refractivity (Wildman–Crippen MR) is 148 cm³/mol. The average Bonchev–Trinajstić information content (AvgIpc) is 3.55. The molecule has 9 nitrogen and oxygen atoms in total. The topological polar surface area (TPSA) is 99.3 Å². The van der Waals surface area contributed by atoms with E-state index < -0.39 is 10.0 Å². The van der Waals surface area contributed by atoms with E-state index in [1.165, 1.54) is 16.5 Å². The number of piperidine rings is 1. The maximum atomic E-state index is 13.4. The lowest BCUT2D eigenvalue weighted by Gasteiger charge is -2.33. The number of ether oxygens (including phenoxy) is 1. The zero-order chi connectivity index (χ0) is 27.0. The summed E-state index contributed by atoms with van der Waals surface area (Å²) in [5.74, 6) is 0.254. The number of hydrogen-bond acceptors (Lipinski definition) is 7. The molecule has 0 amide bonds. The number of rotatable bonds is 7. The summed E-state index contributed by atoms with van der Waals surface area (Å²) in [6.07, 6.45) is 4.92. The van der Waals surface area contributed by atoms with Crippen molar-refractivity contribution in [3.8, 4) is 0 Å². The van der Waals surface area contributed by atoms with E-state index in [1.807, 2.05) is 6.07 Å². The molecule has 5 aromatic rings. The van der Waals surface area contributed by atoms with Crippen LogP contribution in [0.2, 0.25) is 0 Å². The van der Waals surface area contributed by atoms with Crippen molar-refractivity contribution in [1.82, 2.24) is 23.4 Å². The minimum absolute atomic E-state index is 0.0404. The Morgan fingerprint density at radius 1 is 1.00 bits per heavy atom. The third-order valence-electron chi connectivity index (χ3n) is 7.28. The van der Waals surface area contributed by atoms with Crippen molar-refractivity contribution >= 4 is 38.1 Å². The van der Waals surface area contributed by atoms with Gasteiger partial charge in [0.25, 0.3) is 10.0 Å². The second kappa shape index (κ2) is 10.3. The first-order valence-corrected chi connectivity index (χ1v) is 14.4. The second-order valence-corrected chi connectivity index (χ2v) is 11.6. The molecule has 0 atom stereocenters. The van der Waals surface area contributed by atoms with Crippen LogP contribution in [-0.4, -0.2) is 50.9 Å². The number of esters is 1. The van der Waals surface area contributed by atoms with Gasteiger partial charge in [-0.05, 0) is 36.6 Å². The van der Waals surface area contributed by atoms with Gasteiger partial charge in [-0.3, -0.25) is 9.69 Å². The summed E-state index contributed by atoms with van der Waals surface area (Å²) in [6, 6.07) is 20.7. The molecule has 0 bridgehead atoms. The Hall–Kier alpha value is -4.02. The number of fused-ring (bicyclic) bond motifs is 3.